The first-order valence-corrected chi connectivity index (χ1v) is 7.10. The first kappa shape index (κ1) is 16.8. The molecule has 1 aromatic carbocycles. The molecular weight excluding hydrogens is 274 g/mol. The fourth-order valence-corrected chi connectivity index (χ4v) is 1.88. The number of halogens is 1. The Labute approximate surface area is 126 Å². The van der Waals surface area contributed by atoms with Gasteiger partial charge in [0.25, 0.3) is 0 Å². The van der Waals surface area contributed by atoms with Gasteiger partial charge in [-0.2, -0.15) is 0 Å². The van der Waals surface area contributed by atoms with Gasteiger partial charge >= 0.3 is 0 Å². The Morgan fingerprint density at radius 1 is 1.45 bits per heavy atom. The van der Waals surface area contributed by atoms with Crippen molar-refractivity contribution in [1.82, 2.24) is 5.32 Å². The van der Waals surface area contributed by atoms with Crippen molar-refractivity contribution in [2.24, 2.45) is 22.2 Å². The van der Waals surface area contributed by atoms with E-state index < -0.39 is 0 Å². The smallest absolute Gasteiger partial charge is 0.170 e. The lowest BCUT2D eigenvalue weighted by Crippen LogP contribution is -2.29. The SMILES string of the molecule is CC(CNCc1ccc(/C(N)=N/O)cc1Cl)C(C)(C)C. The number of hydrogen-bond acceptors (Lipinski definition) is 3. The molecule has 0 aliphatic heterocycles. The van der Waals surface area contributed by atoms with Gasteiger partial charge in [0, 0.05) is 17.1 Å². The third-order valence-corrected chi connectivity index (χ3v) is 4.05. The molecule has 0 aliphatic carbocycles. The second-order valence-electron chi connectivity index (χ2n) is 6.19. The molecule has 1 unspecified atom stereocenters. The standard InChI is InChI=1S/C15H24ClN3O/c1-10(15(2,3)4)8-18-9-12-6-5-11(7-13(12)16)14(17)19-20/h5-7,10,18,20H,8-9H2,1-4H3,(H2,17,19). The first-order chi connectivity index (χ1) is 9.25. The summed E-state index contributed by atoms with van der Waals surface area (Å²) in [4.78, 5) is 0. The van der Waals surface area contributed by atoms with Crippen LogP contribution in [-0.2, 0) is 6.54 Å². The van der Waals surface area contributed by atoms with E-state index in [0.29, 0.717) is 23.0 Å². The number of hydrogen-bond donors (Lipinski definition) is 3. The molecule has 0 aromatic heterocycles. The van der Waals surface area contributed by atoms with Crippen LogP contribution >= 0.6 is 11.6 Å². The molecule has 20 heavy (non-hydrogen) atoms. The van der Waals surface area contributed by atoms with Gasteiger partial charge in [-0.05, 0) is 29.5 Å². The van der Waals surface area contributed by atoms with Crippen LogP contribution in [0.25, 0.3) is 0 Å². The van der Waals surface area contributed by atoms with E-state index in [4.69, 9.17) is 22.5 Å². The molecule has 0 heterocycles. The van der Waals surface area contributed by atoms with Gasteiger partial charge in [0.15, 0.2) is 5.84 Å². The molecule has 0 spiro atoms. The topological polar surface area (TPSA) is 70.6 Å². The number of amidine groups is 1. The minimum absolute atomic E-state index is 0.0627. The molecular formula is C15H24ClN3O. The molecule has 0 amide bonds. The maximum absolute atomic E-state index is 8.63. The van der Waals surface area contributed by atoms with Crippen molar-refractivity contribution in [1.29, 1.82) is 0 Å². The van der Waals surface area contributed by atoms with Crippen LogP contribution < -0.4 is 11.1 Å². The van der Waals surface area contributed by atoms with E-state index in [9.17, 15) is 0 Å². The highest BCUT2D eigenvalue weighted by atomic mass is 35.5. The van der Waals surface area contributed by atoms with Crippen molar-refractivity contribution in [3.63, 3.8) is 0 Å². The Morgan fingerprint density at radius 2 is 2.10 bits per heavy atom. The normalized spacial score (nSPS) is 14.3. The van der Waals surface area contributed by atoms with Crippen molar-refractivity contribution in [2.45, 2.75) is 34.2 Å². The molecule has 0 bridgehead atoms. The van der Waals surface area contributed by atoms with Crippen LogP contribution in [0.15, 0.2) is 23.4 Å². The van der Waals surface area contributed by atoms with Crippen molar-refractivity contribution in [3.8, 4) is 0 Å². The number of nitrogens with one attached hydrogen (secondary N) is 1. The van der Waals surface area contributed by atoms with E-state index in [1.54, 1.807) is 12.1 Å². The Balaban J connectivity index is 2.62. The predicted molar refractivity (Wildman–Crippen MR) is 84.3 cm³/mol. The number of rotatable bonds is 5. The van der Waals surface area contributed by atoms with E-state index in [0.717, 1.165) is 12.1 Å². The zero-order valence-corrected chi connectivity index (χ0v) is 13.3. The number of benzene rings is 1. The van der Waals surface area contributed by atoms with E-state index in [-0.39, 0.29) is 11.3 Å². The molecule has 0 saturated heterocycles. The summed E-state index contributed by atoms with van der Waals surface area (Å²) in [6.45, 7) is 10.6. The Bertz CT molecular complexity index is 480. The average Bonchev–Trinajstić information content (AvgIpc) is 2.38. The van der Waals surface area contributed by atoms with Crippen LogP contribution in [-0.4, -0.2) is 17.6 Å². The van der Waals surface area contributed by atoms with Crippen molar-refractivity contribution in [2.75, 3.05) is 6.54 Å². The van der Waals surface area contributed by atoms with Crippen LogP contribution in [0.3, 0.4) is 0 Å². The van der Waals surface area contributed by atoms with Gasteiger partial charge in [-0.25, -0.2) is 0 Å². The van der Waals surface area contributed by atoms with Gasteiger partial charge in [0.05, 0.1) is 0 Å². The molecule has 1 aromatic rings. The zero-order valence-electron chi connectivity index (χ0n) is 12.6. The highest BCUT2D eigenvalue weighted by Gasteiger charge is 2.19. The van der Waals surface area contributed by atoms with Crippen LogP contribution in [0, 0.1) is 11.3 Å². The minimum Gasteiger partial charge on any atom is -0.409 e. The Kier molecular flexibility index (Phi) is 5.84. The summed E-state index contributed by atoms with van der Waals surface area (Å²) < 4.78 is 0. The van der Waals surface area contributed by atoms with Gasteiger partial charge in [0.1, 0.15) is 0 Å². The summed E-state index contributed by atoms with van der Waals surface area (Å²) in [6, 6.07) is 5.40. The lowest BCUT2D eigenvalue weighted by atomic mass is 9.82. The van der Waals surface area contributed by atoms with Gasteiger partial charge < -0.3 is 16.3 Å². The zero-order chi connectivity index (χ0) is 15.3. The summed E-state index contributed by atoms with van der Waals surface area (Å²) in [6.07, 6.45) is 0. The minimum atomic E-state index is 0.0627. The van der Waals surface area contributed by atoms with Gasteiger partial charge in [-0.15, -0.1) is 0 Å². The molecule has 1 atom stereocenters. The second-order valence-corrected chi connectivity index (χ2v) is 6.60. The van der Waals surface area contributed by atoms with Crippen molar-refractivity contribution in [3.05, 3.63) is 34.3 Å². The third kappa shape index (κ3) is 4.69. The van der Waals surface area contributed by atoms with Gasteiger partial charge in [-0.1, -0.05) is 56.6 Å². The third-order valence-electron chi connectivity index (χ3n) is 3.70. The lowest BCUT2D eigenvalue weighted by molar-refractivity contribution is 0.252. The molecule has 4 nitrogen and oxygen atoms in total. The van der Waals surface area contributed by atoms with E-state index in [1.165, 1.54) is 0 Å². The molecule has 4 N–H and O–H groups in total. The highest BCUT2D eigenvalue weighted by Crippen LogP contribution is 2.24. The lowest BCUT2D eigenvalue weighted by Gasteiger charge is -2.27. The number of nitrogens with two attached hydrogens (primary N) is 1. The van der Waals surface area contributed by atoms with Gasteiger partial charge in [-0.3, -0.25) is 0 Å². The molecule has 0 fully saturated rings. The molecule has 0 saturated carbocycles. The first-order valence-electron chi connectivity index (χ1n) is 6.72. The van der Waals surface area contributed by atoms with Crippen molar-refractivity contribution < 1.29 is 5.21 Å². The highest BCUT2D eigenvalue weighted by molar-refractivity contribution is 6.31. The summed E-state index contributed by atoms with van der Waals surface area (Å²) in [5.74, 6) is 0.630. The second kappa shape index (κ2) is 6.95. The summed E-state index contributed by atoms with van der Waals surface area (Å²) in [5.41, 5.74) is 7.43. The maximum Gasteiger partial charge on any atom is 0.170 e. The molecule has 0 aliphatic rings. The largest absolute Gasteiger partial charge is 0.409 e. The number of oxime groups is 1. The summed E-state index contributed by atoms with van der Waals surface area (Å²) >= 11 is 6.20. The van der Waals surface area contributed by atoms with E-state index in [1.807, 2.05) is 6.07 Å². The maximum atomic E-state index is 8.63. The molecule has 1 rings (SSSR count). The Hall–Kier alpha value is -1.26. The van der Waals surface area contributed by atoms with Gasteiger partial charge in [0.2, 0.25) is 0 Å². The molecule has 5 heteroatoms. The quantitative estimate of drug-likeness (QED) is 0.338. The Morgan fingerprint density at radius 3 is 2.60 bits per heavy atom. The average molecular weight is 298 g/mol. The van der Waals surface area contributed by atoms with Crippen LogP contribution in [0.4, 0.5) is 0 Å². The summed E-state index contributed by atoms with van der Waals surface area (Å²) in [5, 5.41) is 15.6. The number of nitrogens with zero attached hydrogens (tertiary/aromatic N) is 1. The van der Waals surface area contributed by atoms with E-state index >= 15 is 0 Å². The van der Waals surface area contributed by atoms with E-state index in [2.05, 4.69) is 38.2 Å². The predicted octanol–water partition coefficient (Wildman–Crippen LogP) is 3.21. The van der Waals surface area contributed by atoms with Crippen LogP contribution in [0.1, 0.15) is 38.8 Å². The summed E-state index contributed by atoms with van der Waals surface area (Å²) in [7, 11) is 0. The fraction of sp³-hybridized carbons (Fsp3) is 0.533. The van der Waals surface area contributed by atoms with Crippen molar-refractivity contribution >= 4 is 17.4 Å². The molecule has 0 radical (unpaired) electrons. The fourth-order valence-electron chi connectivity index (χ4n) is 1.64. The monoisotopic (exact) mass is 297 g/mol. The molecule has 112 valence electrons. The van der Waals surface area contributed by atoms with Crippen LogP contribution in [0.5, 0.6) is 0 Å². The van der Waals surface area contributed by atoms with Crippen LogP contribution in [0.2, 0.25) is 5.02 Å².